The van der Waals surface area contributed by atoms with E-state index in [0.29, 0.717) is 43.1 Å². The van der Waals surface area contributed by atoms with Crippen LogP contribution < -0.4 is 0 Å². The topological polar surface area (TPSA) is 94.2 Å². The van der Waals surface area contributed by atoms with E-state index in [1.54, 1.807) is 23.5 Å². The van der Waals surface area contributed by atoms with Crippen molar-refractivity contribution in [2.45, 2.75) is 5.22 Å². The molecule has 1 aliphatic rings. The fourth-order valence-electron chi connectivity index (χ4n) is 1.81. The number of hydrogen-bond donors (Lipinski definition) is 0. The molecular formula is C12H13N5O3S. The first-order chi connectivity index (χ1) is 10.3. The largest absolute Gasteiger partial charge is 0.410 e. The number of hydrogen-bond acceptors (Lipinski definition) is 8. The smallest absolute Gasteiger partial charge is 0.277 e. The number of morpholine rings is 1. The minimum absolute atomic E-state index is 0.0440. The van der Waals surface area contributed by atoms with E-state index in [9.17, 15) is 4.79 Å². The summed E-state index contributed by atoms with van der Waals surface area (Å²) in [6.07, 6.45) is 4.66. The fraction of sp³-hybridized carbons (Fsp3) is 0.417. The highest BCUT2D eigenvalue weighted by Crippen LogP contribution is 2.21. The molecule has 0 unspecified atom stereocenters. The van der Waals surface area contributed by atoms with Gasteiger partial charge in [0.05, 0.1) is 25.2 Å². The molecule has 8 nitrogen and oxygen atoms in total. The first-order valence-electron chi connectivity index (χ1n) is 6.41. The molecule has 3 rings (SSSR count). The Labute approximate surface area is 124 Å². The molecule has 0 aliphatic carbocycles. The maximum atomic E-state index is 12.0. The lowest BCUT2D eigenvalue weighted by Crippen LogP contribution is -2.41. The minimum atomic E-state index is 0.0440. The molecule has 21 heavy (non-hydrogen) atoms. The molecule has 0 N–H and O–H groups in total. The quantitative estimate of drug-likeness (QED) is 0.753. The molecule has 9 heteroatoms. The van der Waals surface area contributed by atoms with E-state index >= 15 is 0 Å². The Hall–Kier alpha value is -2.00. The fourth-order valence-corrected chi connectivity index (χ4v) is 2.47. The van der Waals surface area contributed by atoms with Crippen LogP contribution in [0.1, 0.15) is 0 Å². The van der Waals surface area contributed by atoms with Gasteiger partial charge < -0.3 is 14.1 Å². The van der Waals surface area contributed by atoms with Crippen LogP contribution in [-0.4, -0.2) is 63.0 Å². The van der Waals surface area contributed by atoms with Crippen LogP contribution in [0.5, 0.6) is 0 Å². The van der Waals surface area contributed by atoms with Crippen molar-refractivity contribution in [3.63, 3.8) is 0 Å². The second-order valence-electron chi connectivity index (χ2n) is 4.25. The highest BCUT2D eigenvalue weighted by Gasteiger charge is 2.18. The Kier molecular flexibility index (Phi) is 4.41. The number of amides is 1. The van der Waals surface area contributed by atoms with E-state index in [4.69, 9.17) is 9.15 Å². The molecule has 0 spiro atoms. The Bertz CT molecular complexity index is 600. The van der Waals surface area contributed by atoms with Crippen LogP contribution in [0, 0.1) is 0 Å². The zero-order chi connectivity index (χ0) is 14.5. The standard InChI is InChI=1S/C12H13N5O3S/c18-10(17-3-5-19-6-4-17)8-21-12-16-15-11(20-12)9-7-13-1-2-14-9/h1-2,7H,3-6,8H2. The van der Waals surface area contributed by atoms with E-state index in [2.05, 4.69) is 20.2 Å². The molecule has 2 aromatic rings. The summed E-state index contributed by atoms with van der Waals surface area (Å²) in [5.74, 6) is 0.606. The molecule has 2 aromatic heterocycles. The third-order valence-electron chi connectivity index (χ3n) is 2.87. The van der Waals surface area contributed by atoms with Crippen LogP contribution in [0.4, 0.5) is 0 Å². The number of carbonyl (C=O) groups is 1. The molecular weight excluding hydrogens is 294 g/mol. The van der Waals surface area contributed by atoms with Gasteiger partial charge in [0.15, 0.2) is 0 Å². The van der Waals surface area contributed by atoms with Gasteiger partial charge in [-0.15, -0.1) is 10.2 Å². The van der Waals surface area contributed by atoms with Gasteiger partial charge in [0.25, 0.3) is 11.1 Å². The van der Waals surface area contributed by atoms with Gasteiger partial charge in [-0.2, -0.15) is 0 Å². The van der Waals surface area contributed by atoms with E-state index in [-0.39, 0.29) is 11.7 Å². The number of rotatable bonds is 4. The third kappa shape index (κ3) is 3.56. The van der Waals surface area contributed by atoms with E-state index in [1.165, 1.54) is 11.8 Å². The number of ether oxygens (including phenoxy) is 1. The van der Waals surface area contributed by atoms with Crippen molar-refractivity contribution in [1.82, 2.24) is 25.1 Å². The Morgan fingerprint density at radius 1 is 1.29 bits per heavy atom. The molecule has 110 valence electrons. The summed E-state index contributed by atoms with van der Waals surface area (Å²) in [6.45, 7) is 2.45. The van der Waals surface area contributed by atoms with Crippen LogP contribution in [-0.2, 0) is 9.53 Å². The summed E-state index contributed by atoms with van der Waals surface area (Å²) >= 11 is 1.22. The normalized spacial score (nSPS) is 15.1. The zero-order valence-corrected chi connectivity index (χ0v) is 12.0. The van der Waals surface area contributed by atoms with Crippen LogP contribution >= 0.6 is 11.8 Å². The van der Waals surface area contributed by atoms with Gasteiger partial charge >= 0.3 is 0 Å². The molecule has 0 saturated carbocycles. The zero-order valence-electron chi connectivity index (χ0n) is 11.1. The second-order valence-corrected chi connectivity index (χ2v) is 5.17. The average molecular weight is 307 g/mol. The molecule has 0 aromatic carbocycles. The summed E-state index contributed by atoms with van der Waals surface area (Å²) in [7, 11) is 0. The van der Waals surface area contributed by atoms with Crippen molar-refractivity contribution in [3.8, 4) is 11.6 Å². The van der Waals surface area contributed by atoms with Crippen molar-refractivity contribution < 1.29 is 13.9 Å². The summed E-state index contributed by atoms with van der Waals surface area (Å²) in [6, 6.07) is 0. The number of carbonyl (C=O) groups excluding carboxylic acids is 1. The lowest BCUT2D eigenvalue weighted by molar-refractivity contribution is -0.132. The average Bonchev–Trinajstić information content (AvgIpc) is 3.03. The van der Waals surface area contributed by atoms with Crippen molar-refractivity contribution in [1.29, 1.82) is 0 Å². The summed E-state index contributed by atoms with van der Waals surface area (Å²) in [4.78, 5) is 21.8. The van der Waals surface area contributed by atoms with Gasteiger partial charge in [-0.25, -0.2) is 4.98 Å². The minimum Gasteiger partial charge on any atom is -0.410 e. The lowest BCUT2D eigenvalue weighted by atomic mass is 10.4. The Morgan fingerprint density at radius 3 is 2.90 bits per heavy atom. The van der Waals surface area contributed by atoms with E-state index in [0.717, 1.165) is 0 Å². The van der Waals surface area contributed by atoms with Crippen LogP contribution in [0.25, 0.3) is 11.6 Å². The molecule has 3 heterocycles. The van der Waals surface area contributed by atoms with Crippen molar-refractivity contribution >= 4 is 17.7 Å². The van der Waals surface area contributed by atoms with Crippen molar-refractivity contribution in [2.24, 2.45) is 0 Å². The first-order valence-corrected chi connectivity index (χ1v) is 7.40. The Balaban J connectivity index is 1.56. The van der Waals surface area contributed by atoms with Gasteiger partial charge in [-0.3, -0.25) is 9.78 Å². The van der Waals surface area contributed by atoms with Crippen molar-refractivity contribution in [2.75, 3.05) is 32.1 Å². The summed E-state index contributed by atoms with van der Waals surface area (Å²) in [5, 5.41) is 8.13. The SMILES string of the molecule is O=C(CSc1nnc(-c2cnccn2)o1)N1CCOCC1. The first kappa shape index (κ1) is 14.0. The maximum Gasteiger partial charge on any atom is 0.277 e. The van der Waals surface area contributed by atoms with Gasteiger partial charge in [0, 0.05) is 25.5 Å². The molecule has 0 atom stereocenters. The third-order valence-corrected chi connectivity index (χ3v) is 3.67. The summed E-state index contributed by atoms with van der Waals surface area (Å²) < 4.78 is 10.7. The molecule has 0 radical (unpaired) electrons. The highest BCUT2D eigenvalue weighted by molar-refractivity contribution is 7.99. The predicted molar refractivity (Wildman–Crippen MR) is 73.4 cm³/mol. The van der Waals surface area contributed by atoms with Gasteiger partial charge in [0.2, 0.25) is 5.91 Å². The maximum absolute atomic E-state index is 12.0. The molecule has 1 aliphatic heterocycles. The predicted octanol–water partition coefficient (Wildman–Crippen LogP) is 0.478. The summed E-state index contributed by atoms with van der Waals surface area (Å²) in [5.41, 5.74) is 0.511. The molecule has 1 fully saturated rings. The highest BCUT2D eigenvalue weighted by atomic mass is 32.2. The number of thioether (sulfide) groups is 1. The molecule has 1 amide bonds. The van der Waals surface area contributed by atoms with Gasteiger partial charge in [0.1, 0.15) is 5.69 Å². The number of aromatic nitrogens is 4. The van der Waals surface area contributed by atoms with Gasteiger partial charge in [-0.05, 0) is 0 Å². The number of nitrogens with zero attached hydrogens (tertiary/aromatic N) is 5. The second kappa shape index (κ2) is 6.64. The molecule has 0 bridgehead atoms. The van der Waals surface area contributed by atoms with E-state index < -0.39 is 0 Å². The van der Waals surface area contributed by atoms with Crippen LogP contribution in [0.2, 0.25) is 0 Å². The Morgan fingerprint density at radius 2 is 2.14 bits per heavy atom. The molecule has 1 saturated heterocycles. The monoisotopic (exact) mass is 307 g/mol. The van der Waals surface area contributed by atoms with Crippen molar-refractivity contribution in [3.05, 3.63) is 18.6 Å². The lowest BCUT2D eigenvalue weighted by Gasteiger charge is -2.26. The van der Waals surface area contributed by atoms with E-state index in [1.807, 2.05) is 0 Å². The van der Waals surface area contributed by atoms with Crippen LogP contribution in [0.15, 0.2) is 28.2 Å². The van der Waals surface area contributed by atoms with Crippen LogP contribution in [0.3, 0.4) is 0 Å². The van der Waals surface area contributed by atoms with Gasteiger partial charge in [-0.1, -0.05) is 11.8 Å².